The van der Waals surface area contributed by atoms with Gasteiger partial charge in [0.1, 0.15) is 23.0 Å². The van der Waals surface area contributed by atoms with E-state index >= 15 is 0 Å². The van der Waals surface area contributed by atoms with Crippen LogP contribution in [0.5, 0.6) is 11.5 Å². The van der Waals surface area contributed by atoms with Crippen molar-refractivity contribution < 1.29 is 13.9 Å². The molecule has 0 bridgehead atoms. The highest BCUT2D eigenvalue weighted by atomic mass is 32.1. The number of nitrogens with one attached hydrogen (secondary N) is 1. The summed E-state index contributed by atoms with van der Waals surface area (Å²) >= 11 is 1.09. The Bertz CT molecular complexity index is 1080. The predicted molar refractivity (Wildman–Crippen MR) is 104 cm³/mol. The van der Waals surface area contributed by atoms with Gasteiger partial charge in [-0.05, 0) is 60.7 Å². The molecule has 0 unspecified atom stereocenters. The Balaban J connectivity index is 1.41. The molecule has 28 heavy (non-hydrogen) atoms. The van der Waals surface area contributed by atoms with Gasteiger partial charge in [0.2, 0.25) is 5.13 Å². The number of benzene rings is 2. The third-order valence-electron chi connectivity index (χ3n) is 3.71. The highest BCUT2D eigenvalue weighted by Crippen LogP contribution is 2.23. The van der Waals surface area contributed by atoms with Crippen molar-refractivity contribution in [2.24, 2.45) is 0 Å². The fourth-order valence-corrected chi connectivity index (χ4v) is 2.93. The molecule has 0 aliphatic rings. The first-order valence-electron chi connectivity index (χ1n) is 8.27. The number of aromatic nitrogens is 3. The Hall–Kier alpha value is -3.65. The molecule has 1 amide bonds. The third kappa shape index (κ3) is 4.18. The van der Waals surface area contributed by atoms with E-state index in [9.17, 15) is 9.18 Å². The second-order valence-corrected chi connectivity index (χ2v) is 6.42. The zero-order chi connectivity index (χ0) is 19.3. The topological polar surface area (TPSA) is 77.0 Å². The van der Waals surface area contributed by atoms with Crippen molar-refractivity contribution in [1.29, 1.82) is 0 Å². The summed E-state index contributed by atoms with van der Waals surface area (Å²) in [5, 5.41) is 3.11. The number of nitrogens with zero attached hydrogens (tertiary/aromatic N) is 3. The number of rotatable bonds is 5. The molecule has 138 valence electrons. The quantitative estimate of drug-likeness (QED) is 0.529. The van der Waals surface area contributed by atoms with Crippen LogP contribution in [0.2, 0.25) is 0 Å². The molecule has 2 aromatic heterocycles. The lowest BCUT2D eigenvalue weighted by molar-refractivity contribution is 0.102. The van der Waals surface area contributed by atoms with Crippen LogP contribution < -0.4 is 10.1 Å². The highest BCUT2D eigenvalue weighted by Gasteiger charge is 2.12. The maximum atomic E-state index is 12.9. The minimum Gasteiger partial charge on any atom is -0.457 e. The molecular formula is C20H13FN4O2S. The van der Waals surface area contributed by atoms with Gasteiger partial charge >= 0.3 is 0 Å². The van der Waals surface area contributed by atoms with Crippen LogP contribution in [0.25, 0.3) is 11.5 Å². The molecule has 0 radical (unpaired) electrons. The lowest BCUT2D eigenvalue weighted by Crippen LogP contribution is -2.11. The van der Waals surface area contributed by atoms with Crippen LogP contribution in [0.15, 0.2) is 72.9 Å². The third-order valence-corrected chi connectivity index (χ3v) is 4.34. The van der Waals surface area contributed by atoms with Crippen LogP contribution in [-0.2, 0) is 0 Å². The monoisotopic (exact) mass is 392 g/mol. The number of ether oxygens (including phenoxy) is 1. The molecule has 0 atom stereocenters. The fraction of sp³-hybridized carbons (Fsp3) is 0. The Morgan fingerprint density at radius 2 is 1.68 bits per heavy atom. The van der Waals surface area contributed by atoms with Gasteiger partial charge in [-0.1, -0.05) is 6.07 Å². The van der Waals surface area contributed by atoms with E-state index in [0.29, 0.717) is 33.7 Å². The number of halogens is 1. The number of hydrogen-bond acceptors (Lipinski definition) is 6. The zero-order valence-corrected chi connectivity index (χ0v) is 15.2. The number of hydrogen-bond donors (Lipinski definition) is 1. The summed E-state index contributed by atoms with van der Waals surface area (Å²) in [7, 11) is 0. The molecule has 0 aliphatic carbocycles. The summed E-state index contributed by atoms with van der Waals surface area (Å²) in [5.41, 5.74) is 1.09. The molecule has 0 spiro atoms. The average Bonchev–Trinajstić information content (AvgIpc) is 3.19. The first-order chi connectivity index (χ1) is 13.7. The van der Waals surface area contributed by atoms with Crippen molar-refractivity contribution in [3.8, 4) is 23.0 Å². The largest absolute Gasteiger partial charge is 0.457 e. The van der Waals surface area contributed by atoms with Crippen molar-refractivity contribution in [1.82, 2.24) is 14.3 Å². The summed E-state index contributed by atoms with van der Waals surface area (Å²) in [6, 6.07) is 17.7. The molecule has 0 saturated carbocycles. The van der Waals surface area contributed by atoms with E-state index in [1.165, 1.54) is 24.3 Å². The van der Waals surface area contributed by atoms with Crippen molar-refractivity contribution >= 4 is 22.6 Å². The zero-order valence-electron chi connectivity index (χ0n) is 14.4. The van der Waals surface area contributed by atoms with Gasteiger partial charge in [0.05, 0.1) is 0 Å². The molecule has 0 aliphatic heterocycles. The van der Waals surface area contributed by atoms with Crippen LogP contribution in [-0.4, -0.2) is 20.2 Å². The van der Waals surface area contributed by atoms with Crippen molar-refractivity contribution in [2.45, 2.75) is 0 Å². The van der Waals surface area contributed by atoms with Crippen LogP contribution in [0.4, 0.5) is 9.52 Å². The molecular weight excluding hydrogens is 379 g/mol. The first kappa shape index (κ1) is 17.7. The van der Waals surface area contributed by atoms with Gasteiger partial charge in [-0.15, -0.1) is 0 Å². The second kappa shape index (κ2) is 7.93. The van der Waals surface area contributed by atoms with Gasteiger partial charge in [-0.3, -0.25) is 15.1 Å². The number of carbonyl (C=O) groups is 1. The average molecular weight is 392 g/mol. The molecule has 0 saturated heterocycles. The normalized spacial score (nSPS) is 10.5. The molecule has 2 heterocycles. The van der Waals surface area contributed by atoms with E-state index in [4.69, 9.17) is 4.74 Å². The lowest BCUT2D eigenvalue weighted by Gasteiger charge is -2.06. The van der Waals surface area contributed by atoms with Crippen LogP contribution in [0.1, 0.15) is 10.4 Å². The minimum atomic E-state index is -0.331. The van der Waals surface area contributed by atoms with Crippen molar-refractivity contribution in [2.75, 3.05) is 5.32 Å². The van der Waals surface area contributed by atoms with Crippen molar-refractivity contribution in [3.05, 3.63) is 84.3 Å². The molecule has 4 rings (SSSR count). The number of amides is 1. The Kier molecular flexibility index (Phi) is 5.03. The van der Waals surface area contributed by atoms with E-state index in [1.807, 2.05) is 12.1 Å². The highest BCUT2D eigenvalue weighted by molar-refractivity contribution is 7.10. The fourth-order valence-electron chi connectivity index (χ4n) is 2.36. The lowest BCUT2D eigenvalue weighted by atomic mass is 10.2. The number of pyridine rings is 1. The van der Waals surface area contributed by atoms with E-state index in [1.54, 1.807) is 36.5 Å². The predicted octanol–water partition coefficient (Wildman–Crippen LogP) is 4.78. The van der Waals surface area contributed by atoms with Gasteiger partial charge in [0, 0.05) is 23.3 Å². The van der Waals surface area contributed by atoms with Gasteiger partial charge in [0.15, 0.2) is 5.82 Å². The summed E-state index contributed by atoms with van der Waals surface area (Å²) in [5.74, 6) is 0.870. The van der Waals surface area contributed by atoms with E-state index in [2.05, 4.69) is 19.7 Å². The first-order valence-corrected chi connectivity index (χ1v) is 9.05. The minimum absolute atomic E-state index is 0.308. The van der Waals surface area contributed by atoms with E-state index < -0.39 is 0 Å². The summed E-state index contributed by atoms with van der Waals surface area (Å²) in [6.45, 7) is 0. The smallest absolute Gasteiger partial charge is 0.257 e. The Labute approximate surface area is 163 Å². The standard InChI is InChI=1S/C20H13FN4O2S/c21-14-6-10-16(11-7-14)27-15-8-4-13(5-9-15)19(26)24-20-23-18(25-28-20)17-3-1-2-12-22-17/h1-12H,(H,23,24,25,26). The van der Waals surface area contributed by atoms with E-state index in [-0.39, 0.29) is 11.7 Å². The van der Waals surface area contributed by atoms with Gasteiger partial charge in [-0.2, -0.15) is 9.36 Å². The van der Waals surface area contributed by atoms with Crippen LogP contribution in [0, 0.1) is 5.82 Å². The van der Waals surface area contributed by atoms with Crippen LogP contribution in [0.3, 0.4) is 0 Å². The molecule has 6 nitrogen and oxygen atoms in total. The maximum absolute atomic E-state index is 12.9. The second-order valence-electron chi connectivity index (χ2n) is 5.67. The molecule has 1 N–H and O–H groups in total. The Morgan fingerprint density at radius 1 is 0.964 bits per heavy atom. The van der Waals surface area contributed by atoms with Gasteiger partial charge in [0.25, 0.3) is 5.91 Å². The summed E-state index contributed by atoms with van der Waals surface area (Å²) in [4.78, 5) is 20.9. The maximum Gasteiger partial charge on any atom is 0.257 e. The van der Waals surface area contributed by atoms with E-state index in [0.717, 1.165) is 11.5 Å². The van der Waals surface area contributed by atoms with Gasteiger partial charge in [-0.25, -0.2) is 4.39 Å². The SMILES string of the molecule is O=C(Nc1nc(-c2ccccn2)ns1)c1ccc(Oc2ccc(F)cc2)cc1. The van der Waals surface area contributed by atoms with Gasteiger partial charge < -0.3 is 4.74 Å². The summed E-state index contributed by atoms with van der Waals surface area (Å²) in [6.07, 6.45) is 1.66. The number of anilines is 1. The number of carbonyl (C=O) groups excluding carboxylic acids is 1. The van der Waals surface area contributed by atoms with Crippen LogP contribution >= 0.6 is 11.5 Å². The summed E-state index contributed by atoms with van der Waals surface area (Å²) < 4.78 is 22.8. The van der Waals surface area contributed by atoms with Crippen molar-refractivity contribution in [3.63, 3.8) is 0 Å². The molecule has 0 fully saturated rings. The Morgan fingerprint density at radius 3 is 2.36 bits per heavy atom. The molecule has 2 aromatic carbocycles. The molecule has 4 aromatic rings. The molecule has 8 heteroatoms.